The van der Waals surface area contributed by atoms with Gasteiger partial charge in [0.15, 0.2) is 11.5 Å². The third kappa shape index (κ3) is 6.05. The smallest absolute Gasteiger partial charge is 0.268 e. The molecule has 0 aliphatic carbocycles. The van der Waals surface area contributed by atoms with Crippen molar-refractivity contribution in [2.45, 2.75) is 9.79 Å². The van der Waals surface area contributed by atoms with Crippen LogP contribution in [-0.2, 0) is 20.0 Å². The van der Waals surface area contributed by atoms with Crippen LogP contribution in [0.2, 0.25) is 0 Å². The fraction of sp³-hybridized carbons (Fsp3) is 0.0556. The Bertz CT molecular complexity index is 2420. The molecule has 7 rings (SSSR count). The molecule has 7 aromatic rings. The lowest BCUT2D eigenvalue weighted by Crippen LogP contribution is -2.11. The van der Waals surface area contributed by atoms with Gasteiger partial charge in [0.1, 0.15) is 0 Å². The second-order valence-electron chi connectivity index (χ2n) is 10.4. The van der Waals surface area contributed by atoms with Crippen LogP contribution in [0.4, 0.5) is 0 Å². The minimum Gasteiger partial charge on any atom is -0.493 e. The third-order valence-corrected chi connectivity index (χ3v) is 11.6. The molecule has 11 heteroatoms. The number of fused-ring (bicyclic) bond motifs is 2. The zero-order chi connectivity index (χ0) is 33.2. The van der Waals surface area contributed by atoms with Gasteiger partial charge in [-0.1, -0.05) is 78.9 Å². The summed E-state index contributed by atoms with van der Waals surface area (Å²) in [6.45, 7) is 0. The van der Waals surface area contributed by atoms with Gasteiger partial charge >= 0.3 is 0 Å². The zero-order valence-electron chi connectivity index (χ0n) is 25.3. The van der Waals surface area contributed by atoms with E-state index in [0.29, 0.717) is 22.5 Å². The third-order valence-electron chi connectivity index (χ3n) is 7.60. The first-order valence-electron chi connectivity index (χ1n) is 14.4. The molecule has 0 unspecified atom stereocenters. The largest absolute Gasteiger partial charge is 0.493 e. The molecule has 0 saturated heterocycles. The number of benzene rings is 5. The van der Waals surface area contributed by atoms with Crippen molar-refractivity contribution in [3.05, 3.63) is 144 Å². The summed E-state index contributed by atoms with van der Waals surface area (Å²) >= 11 is 3.40. The number of ether oxygens (including phenoxy) is 2. The maximum absolute atomic E-state index is 13.2. The van der Waals surface area contributed by atoms with Gasteiger partial charge in [-0.25, -0.2) is 24.8 Å². The number of aromatic nitrogens is 2. The molecule has 0 atom stereocenters. The molecule has 0 aliphatic rings. The number of hydrogen-bond acceptors (Lipinski definition) is 6. The highest BCUT2D eigenvalue weighted by Crippen LogP contribution is 2.37. The summed E-state index contributed by atoms with van der Waals surface area (Å²) in [5.41, 5.74) is 2.93. The van der Waals surface area contributed by atoms with E-state index in [1.54, 1.807) is 99.4 Å². The van der Waals surface area contributed by atoms with Gasteiger partial charge in [-0.15, -0.1) is 0 Å². The van der Waals surface area contributed by atoms with Crippen molar-refractivity contribution in [3.63, 3.8) is 0 Å². The zero-order valence-corrected chi connectivity index (χ0v) is 28.5. The van der Waals surface area contributed by atoms with Gasteiger partial charge in [-0.3, -0.25) is 0 Å². The number of hydrogen-bond donors (Lipinski definition) is 0. The van der Waals surface area contributed by atoms with Crippen molar-refractivity contribution in [2.24, 2.45) is 0 Å². The second-order valence-corrected chi connectivity index (χ2v) is 14.8. The van der Waals surface area contributed by atoms with E-state index in [9.17, 15) is 16.8 Å². The average Bonchev–Trinajstić information content (AvgIpc) is 3.68. The molecule has 0 fully saturated rings. The molecule has 0 bridgehead atoms. The van der Waals surface area contributed by atoms with E-state index in [1.165, 1.54) is 7.94 Å². The van der Waals surface area contributed by atoms with Crippen LogP contribution in [0, 0.1) is 0 Å². The average molecular weight is 730 g/mol. The molecule has 0 aliphatic heterocycles. The highest BCUT2D eigenvalue weighted by atomic mass is 79.9. The lowest BCUT2D eigenvalue weighted by Gasteiger charge is -2.09. The van der Waals surface area contributed by atoms with Crippen LogP contribution >= 0.6 is 15.9 Å². The lowest BCUT2D eigenvalue weighted by atomic mass is 10.0. The molecule has 0 N–H and O–H groups in total. The molecule has 0 radical (unpaired) electrons. The van der Waals surface area contributed by atoms with Gasteiger partial charge in [-0.2, -0.15) is 0 Å². The van der Waals surface area contributed by atoms with Crippen molar-refractivity contribution < 1.29 is 26.3 Å². The Morgan fingerprint density at radius 3 is 1.55 bits per heavy atom. The predicted molar refractivity (Wildman–Crippen MR) is 188 cm³/mol. The van der Waals surface area contributed by atoms with E-state index in [2.05, 4.69) is 15.9 Å². The van der Waals surface area contributed by atoms with Gasteiger partial charge in [0, 0.05) is 33.2 Å². The molecule has 0 saturated carbocycles. The first-order valence-corrected chi connectivity index (χ1v) is 18.0. The van der Waals surface area contributed by atoms with E-state index in [-0.39, 0.29) is 9.79 Å². The van der Waals surface area contributed by atoms with Crippen molar-refractivity contribution in [3.8, 4) is 22.6 Å². The van der Waals surface area contributed by atoms with Crippen molar-refractivity contribution >= 4 is 57.8 Å². The van der Waals surface area contributed by atoms with E-state index in [1.807, 2.05) is 54.6 Å². The molecule has 2 aromatic heterocycles. The molecule has 238 valence electrons. The molecule has 2 heterocycles. The van der Waals surface area contributed by atoms with Gasteiger partial charge < -0.3 is 9.47 Å². The Hall–Kier alpha value is -4.84. The van der Waals surface area contributed by atoms with Crippen LogP contribution in [0.1, 0.15) is 0 Å². The predicted octanol–water partition coefficient (Wildman–Crippen LogP) is 8.20. The number of para-hydroxylation sites is 2. The standard InChI is InChI=1S/C22H19NO4S.C14H10BrNO2S/c1-26-21-13-12-16(14-22(21)27-2)19-15-23(20-11-7-6-10-18(19)20)28(24,25)17-8-4-3-5-9-17;15-13-10-16(14-9-5-4-8-12(13)14)19(17,18)11-6-2-1-3-7-11/h3-15H,1-2H3;1-10H. The summed E-state index contributed by atoms with van der Waals surface area (Å²) in [6, 6.07) is 37.2. The number of methoxy groups -OCH3 is 2. The van der Waals surface area contributed by atoms with Crippen LogP contribution in [0.5, 0.6) is 11.5 Å². The molecular weight excluding hydrogens is 700 g/mol. The van der Waals surface area contributed by atoms with Crippen LogP contribution in [0.15, 0.2) is 154 Å². The van der Waals surface area contributed by atoms with Gasteiger partial charge in [-0.05, 0) is 70.0 Å². The van der Waals surface area contributed by atoms with E-state index >= 15 is 0 Å². The summed E-state index contributed by atoms with van der Waals surface area (Å²) in [7, 11) is -4.13. The van der Waals surface area contributed by atoms with E-state index < -0.39 is 20.0 Å². The molecular formula is C36H29BrN2O6S2. The Balaban J connectivity index is 0.000000177. The fourth-order valence-electron chi connectivity index (χ4n) is 5.30. The SMILES string of the molecule is COc1ccc(-c2cn(S(=O)(=O)c3ccccc3)c3ccccc23)cc1OC.O=S(=O)(c1ccccc1)n1cc(Br)c2ccccc21. The molecule has 47 heavy (non-hydrogen) atoms. The van der Waals surface area contributed by atoms with Crippen LogP contribution in [0.3, 0.4) is 0 Å². The first kappa shape index (κ1) is 32.1. The summed E-state index contributed by atoms with van der Waals surface area (Å²) < 4.78 is 65.8. The number of nitrogens with zero attached hydrogens (tertiary/aromatic N) is 2. The quantitative estimate of drug-likeness (QED) is 0.164. The molecule has 8 nitrogen and oxygen atoms in total. The highest BCUT2D eigenvalue weighted by Gasteiger charge is 2.22. The Kier molecular flexibility index (Phi) is 8.96. The van der Waals surface area contributed by atoms with Crippen LogP contribution in [-0.4, -0.2) is 39.0 Å². The highest BCUT2D eigenvalue weighted by molar-refractivity contribution is 9.10. The summed E-state index contributed by atoms with van der Waals surface area (Å²) in [5.74, 6) is 1.20. The van der Waals surface area contributed by atoms with Gasteiger partial charge in [0.05, 0.1) is 35.0 Å². The van der Waals surface area contributed by atoms with Crippen LogP contribution in [0.25, 0.3) is 32.9 Å². The van der Waals surface area contributed by atoms with E-state index in [0.717, 1.165) is 26.4 Å². The Morgan fingerprint density at radius 1 is 0.532 bits per heavy atom. The monoisotopic (exact) mass is 728 g/mol. The summed E-state index contributed by atoms with van der Waals surface area (Å²) in [4.78, 5) is 0.526. The van der Waals surface area contributed by atoms with E-state index in [4.69, 9.17) is 9.47 Å². The van der Waals surface area contributed by atoms with Gasteiger partial charge in [0.25, 0.3) is 20.0 Å². The fourth-order valence-corrected chi connectivity index (χ4v) is 8.76. The first-order chi connectivity index (χ1) is 22.7. The summed E-state index contributed by atoms with van der Waals surface area (Å²) in [5, 5.41) is 1.72. The number of halogens is 1. The Morgan fingerprint density at radius 2 is 1.00 bits per heavy atom. The minimum atomic E-state index is -3.72. The molecule has 0 spiro atoms. The maximum atomic E-state index is 13.2. The normalized spacial score (nSPS) is 11.6. The maximum Gasteiger partial charge on any atom is 0.268 e. The minimum absolute atomic E-state index is 0.245. The van der Waals surface area contributed by atoms with Gasteiger partial charge in [0.2, 0.25) is 0 Å². The Labute approximate surface area is 281 Å². The van der Waals surface area contributed by atoms with Crippen molar-refractivity contribution in [1.29, 1.82) is 0 Å². The lowest BCUT2D eigenvalue weighted by molar-refractivity contribution is 0.355. The topological polar surface area (TPSA) is 96.6 Å². The van der Waals surface area contributed by atoms with Crippen molar-refractivity contribution in [1.82, 2.24) is 7.94 Å². The number of rotatable bonds is 7. The summed E-state index contributed by atoms with van der Waals surface area (Å²) in [6.07, 6.45) is 3.25. The molecule has 0 amide bonds. The van der Waals surface area contributed by atoms with Crippen LogP contribution < -0.4 is 9.47 Å². The second kappa shape index (κ2) is 13.1. The van der Waals surface area contributed by atoms with Crippen molar-refractivity contribution in [2.75, 3.05) is 14.2 Å². The molecule has 5 aromatic carbocycles.